The molecular weight excluding hydrogens is 202 g/mol. The van der Waals surface area contributed by atoms with Gasteiger partial charge in [-0.2, -0.15) is 0 Å². The summed E-state index contributed by atoms with van der Waals surface area (Å²) in [5.74, 6) is 0. The van der Waals surface area contributed by atoms with Crippen LogP contribution in [-0.2, 0) is 4.74 Å². The van der Waals surface area contributed by atoms with Crippen LogP contribution in [-0.4, -0.2) is 36.5 Å². The van der Waals surface area contributed by atoms with Gasteiger partial charge >= 0.3 is 0 Å². The number of hydrogen-bond acceptors (Lipinski definition) is 3. The van der Waals surface area contributed by atoms with Crippen LogP contribution in [0.15, 0.2) is 0 Å². The third kappa shape index (κ3) is 2.27. The topological polar surface area (TPSA) is 41.5 Å². The molecule has 0 amide bonds. The average molecular weight is 229 g/mol. The number of ether oxygens (including phenoxy) is 1. The van der Waals surface area contributed by atoms with E-state index in [9.17, 15) is 5.11 Å². The van der Waals surface area contributed by atoms with E-state index >= 15 is 0 Å². The second-order valence-corrected chi connectivity index (χ2v) is 5.64. The number of nitrogens with one attached hydrogen (secondary N) is 1. The highest BCUT2D eigenvalue weighted by Gasteiger charge is 2.53. The molecule has 2 atom stereocenters. The molecule has 2 N–H and O–H groups in total. The Kier molecular flexibility index (Phi) is 4.38. The summed E-state index contributed by atoms with van der Waals surface area (Å²) in [6, 6.07) is 0.467. The first kappa shape index (κ1) is 13.9. The Labute approximate surface area is 99.6 Å². The van der Waals surface area contributed by atoms with Gasteiger partial charge in [-0.15, -0.1) is 0 Å². The van der Waals surface area contributed by atoms with Crippen molar-refractivity contribution < 1.29 is 9.84 Å². The molecule has 0 aliphatic heterocycles. The van der Waals surface area contributed by atoms with Gasteiger partial charge in [0.05, 0.1) is 12.7 Å². The maximum atomic E-state index is 9.31. The van der Waals surface area contributed by atoms with Gasteiger partial charge in [0, 0.05) is 24.1 Å². The van der Waals surface area contributed by atoms with Crippen LogP contribution in [0.1, 0.15) is 47.0 Å². The Morgan fingerprint density at radius 1 is 1.38 bits per heavy atom. The first-order valence-electron chi connectivity index (χ1n) is 6.37. The Morgan fingerprint density at radius 2 is 1.94 bits per heavy atom. The van der Waals surface area contributed by atoms with Gasteiger partial charge in [-0.1, -0.05) is 13.8 Å². The largest absolute Gasteiger partial charge is 0.394 e. The number of aliphatic hydroxyl groups is 1. The monoisotopic (exact) mass is 229 g/mol. The number of rotatable bonds is 6. The van der Waals surface area contributed by atoms with Gasteiger partial charge in [-0.25, -0.2) is 0 Å². The van der Waals surface area contributed by atoms with E-state index in [1.54, 1.807) is 7.11 Å². The second-order valence-electron chi connectivity index (χ2n) is 5.64. The molecule has 1 fully saturated rings. The minimum absolute atomic E-state index is 0.171. The van der Waals surface area contributed by atoms with E-state index in [1.807, 2.05) is 13.8 Å². The van der Waals surface area contributed by atoms with Crippen molar-refractivity contribution in [1.29, 1.82) is 0 Å². The van der Waals surface area contributed by atoms with Crippen molar-refractivity contribution in [2.24, 2.45) is 5.41 Å². The SMILES string of the molecule is CCC1(CC)C(NC(C)(C)CO)CC1OC. The van der Waals surface area contributed by atoms with Crippen LogP contribution in [0, 0.1) is 5.41 Å². The lowest BCUT2D eigenvalue weighted by Crippen LogP contribution is -2.67. The van der Waals surface area contributed by atoms with Crippen molar-refractivity contribution in [2.75, 3.05) is 13.7 Å². The summed E-state index contributed by atoms with van der Waals surface area (Å²) >= 11 is 0. The molecule has 0 spiro atoms. The molecule has 0 bridgehead atoms. The molecule has 0 saturated heterocycles. The van der Waals surface area contributed by atoms with Gasteiger partial charge in [0.1, 0.15) is 0 Å². The van der Waals surface area contributed by atoms with Crippen LogP contribution in [0.2, 0.25) is 0 Å². The first-order valence-corrected chi connectivity index (χ1v) is 6.37. The number of aliphatic hydroxyl groups excluding tert-OH is 1. The van der Waals surface area contributed by atoms with Gasteiger partial charge in [0.2, 0.25) is 0 Å². The highest BCUT2D eigenvalue weighted by Crippen LogP contribution is 2.49. The fraction of sp³-hybridized carbons (Fsp3) is 1.00. The minimum Gasteiger partial charge on any atom is -0.394 e. The zero-order valence-corrected chi connectivity index (χ0v) is 11.3. The van der Waals surface area contributed by atoms with E-state index < -0.39 is 0 Å². The molecule has 96 valence electrons. The van der Waals surface area contributed by atoms with Gasteiger partial charge in [-0.05, 0) is 33.1 Å². The van der Waals surface area contributed by atoms with E-state index in [0.717, 1.165) is 19.3 Å². The van der Waals surface area contributed by atoms with Crippen LogP contribution in [0.5, 0.6) is 0 Å². The molecule has 1 saturated carbocycles. The van der Waals surface area contributed by atoms with Crippen molar-refractivity contribution in [3.05, 3.63) is 0 Å². The Bertz CT molecular complexity index is 224. The standard InChI is InChI=1S/C13H27NO2/c1-6-13(7-2)10(8-11(13)16-5)14-12(3,4)9-15/h10-11,14-15H,6-9H2,1-5H3. The van der Waals surface area contributed by atoms with Crippen molar-refractivity contribution in [2.45, 2.75) is 64.6 Å². The van der Waals surface area contributed by atoms with E-state index in [1.165, 1.54) is 0 Å². The molecule has 1 rings (SSSR count). The summed E-state index contributed by atoms with van der Waals surface area (Å²) in [4.78, 5) is 0. The zero-order chi connectivity index (χ0) is 12.4. The predicted octanol–water partition coefficient (Wildman–Crippen LogP) is 1.94. The summed E-state index contributed by atoms with van der Waals surface area (Å²) < 4.78 is 5.56. The molecule has 3 heteroatoms. The average Bonchev–Trinajstić information content (AvgIpc) is 2.26. The van der Waals surface area contributed by atoms with Gasteiger partial charge in [-0.3, -0.25) is 0 Å². The van der Waals surface area contributed by atoms with Crippen LogP contribution in [0.4, 0.5) is 0 Å². The summed E-state index contributed by atoms with van der Waals surface area (Å²) in [5, 5.41) is 12.9. The Balaban J connectivity index is 2.69. The maximum absolute atomic E-state index is 9.31. The van der Waals surface area contributed by atoms with Gasteiger partial charge < -0.3 is 15.2 Å². The molecule has 0 aromatic heterocycles. The molecule has 0 heterocycles. The summed E-state index contributed by atoms with van der Waals surface area (Å²) in [7, 11) is 1.80. The summed E-state index contributed by atoms with van der Waals surface area (Å²) in [5.41, 5.74) is 0.0557. The summed E-state index contributed by atoms with van der Waals surface area (Å²) in [6.07, 6.45) is 3.68. The normalized spacial score (nSPS) is 28.9. The number of methoxy groups -OCH3 is 1. The van der Waals surface area contributed by atoms with E-state index in [4.69, 9.17) is 4.74 Å². The quantitative estimate of drug-likeness (QED) is 0.731. The highest BCUT2D eigenvalue weighted by molar-refractivity contribution is 5.08. The third-order valence-electron chi connectivity index (χ3n) is 4.35. The predicted molar refractivity (Wildman–Crippen MR) is 66.5 cm³/mol. The van der Waals surface area contributed by atoms with Crippen molar-refractivity contribution in [3.8, 4) is 0 Å². The fourth-order valence-corrected chi connectivity index (χ4v) is 3.00. The van der Waals surface area contributed by atoms with Gasteiger partial charge in [0.25, 0.3) is 0 Å². The smallest absolute Gasteiger partial charge is 0.0657 e. The van der Waals surface area contributed by atoms with E-state index in [2.05, 4.69) is 19.2 Å². The minimum atomic E-state index is -0.195. The van der Waals surface area contributed by atoms with Crippen molar-refractivity contribution in [1.82, 2.24) is 5.32 Å². The fourth-order valence-electron chi connectivity index (χ4n) is 3.00. The van der Waals surface area contributed by atoms with Crippen LogP contribution < -0.4 is 5.32 Å². The van der Waals surface area contributed by atoms with Crippen LogP contribution in [0.3, 0.4) is 0 Å². The number of hydrogen-bond donors (Lipinski definition) is 2. The third-order valence-corrected chi connectivity index (χ3v) is 4.35. The molecule has 1 aliphatic rings. The van der Waals surface area contributed by atoms with Crippen LogP contribution in [0.25, 0.3) is 0 Å². The van der Waals surface area contributed by atoms with Crippen molar-refractivity contribution in [3.63, 3.8) is 0 Å². The van der Waals surface area contributed by atoms with Crippen molar-refractivity contribution >= 4 is 0 Å². The molecule has 0 radical (unpaired) electrons. The molecule has 1 aliphatic carbocycles. The highest BCUT2D eigenvalue weighted by atomic mass is 16.5. The lowest BCUT2D eigenvalue weighted by Gasteiger charge is -2.57. The second kappa shape index (κ2) is 5.03. The lowest BCUT2D eigenvalue weighted by atomic mass is 9.58. The first-order chi connectivity index (χ1) is 7.45. The van der Waals surface area contributed by atoms with E-state index in [-0.39, 0.29) is 17.6 Å². The molecule has 0 aromatic rings. The molecule has 2 unspecified atom stereocenters. The Hall–Kier alpha value is -0.120. The zero-order valence-electron chi connectivity index (χ0n) is 11.3. The summed E-state index contributed by atoms with van der Waals surface area (Å²) in [6.45, 7) is 8.72. The van der Waals surface area contributed by atoms with E-state index in [0.29, 0.717) is 12.1 Å². The molecule has 16 heavy (non-hydrogen) atoms. The molecule has 3 nitrogen and oxygen atoms in total. The Morgan fingerprint density at radius 3 is 2.31 bits per heavy atom. The maximum Gasteiger partial charge on any atom is 0.0657 e. The lowest BCUT2D eigenvalue weighted by molar-refractivity contribution is -0.131. The molecular formula is C13H27NO2. The van der Waals surface area contributed by atoms with Gasteiger partial charge in [0.15, 0.2) is 0 Å². The molecule has 0 aromatic carbocycles. The van der Waals surface area contributed by atoms with Crippen LogP contribution >= 0.6 is 0 Å².